The number of aromatic nitrogens is 1. The molecule has 3 rings (SSSR count). The van der Waals surface area contributed by atoms with E-state index in [1.807, 2.05) is 18.0 Å². The van der Waals surface area contributed by atoms with Crippen LogP contribution in [0, 0.1) is 11.3 Å². The van der Waals surface area contributed by atoms with E-state index >= 15 is 0 Å². The summed E-state index contributed by atoms with van der Waals surface area (Å²) < 4.78 is 0. The number of carbonyl (C=O) groups is 1. The average molecular weight is 343 g/mol. The van der Waals surface area contributed by atoms with Crippen molar-refractivity contribution in [2.24, 2.45) is 0 Å². The molecule has 1 amide bonds. The third-order valence-electron chi connectivity index (χ3n) is 5.22. The van der Waals surface area contributed by atoms with Crippen molar-refractivity contribution in [2.45, 2.75) is 31.4 Å². The number of pyridine rings is 1. The smallest absolute Gasteiger partial charge is 0.242 e. The Bertz CT molecular complexity index is 634. The zero-order chi connectivity index (χ0) is 17.8. The summed E-state index contributed by atoms with van der Waals surface area (Å²) in [7, 11) is 1.83. The maximum Gasteiger partial charge on any atom is 0.242 e. The highest BCUT2D eigenvalue weighted by Gasteiger charge is 2.33. The number of carbonyl (C=O) groups excluding carboxylic acids is 1. The SMILES string of the molecule is CN(CC(=O)N1CCN([C@@H]2CCC[C@@H]2O)CC1)c1ccc(C#N)cn1. The van der Waals surface area contributed by atoms with E-state index in [9.17, 15) is 9.90 Å². The van der Waals surface area contributed by atoms with Crippen LogP contribution in [0.25, 0.3) is 0 Å². The number of anilines is 1. The van der Waals surface area contributed by atoms with Gasteiger partial charge < -0.3 is 14.9 Å². The van der Waals surface area contributed by atoms with Crippen molar-refractivity contribution in [3.8, 4) is 6.07 Å². The first-order chi connectivity index (χ1) is 12.1. The molecule has 0 unspecified atom stereocenters. The van der Waals surface area contributed by atoms with Crippen molar-refractivity contribution in [3.63, 3.8) is 0 Å². The molecule has 1 aromatic heterocycles. The van der Waals surface area contributed by atoms with Gasteiger partial charge in [0.15, 0.2) is 0 Å². The fraction of sp³-hybridized carbons (Fsp3) is 0.611. The molecule has 0 bridgehead atoms. The Hall–Kier alpha value is -2.17. The topological polar surface area (TPSA) is 83.7 Å². The molecule has 2 atom stereocenters. The van der Waals surface area contributed by atoms with Crippen molar-refractivity contribution in [1.82, 2.24) is 14.8 Å². The zero-order valence-corrected chi connectivity index (χ0v) is 14.6. The van der Waals surface area contributed by atoms with Gasteiger partial charge in [0, 0.05) is 45.5 Å². The van der Waals surface area contributed by atoms with E-state index in [0.29, 0.717) is 24.5 Å². The van der Waals surface area contributed by atoms with Gasteiger partial charge in [0.05, 0.1) is 18.2 Å². The molecule has 1 aromatic rings. The van der Waals surface area contributed by atoms with Crippen molar-refractivity contribution < 1.29 is 9.90 Å². The summed E-state index contributed by atoms with van der Waals surface area (Å²) in [6.45, 7) is 3.33. The molecule has 134 valence electrons. The van der Waals surface area contributed by atoms with Crippen LogP contribution in [0.3, 0.4) is 0 Å². The molecule has 0 aromatic carbocycles. The fourth-order valence-corrected chi connectivity index (χ4v) is 3.71. The number of hydrogen-bond donors (Lipinski definition) is 1. The summed E-state index contributed by atoms with van der Waals surface area (Å²) in [6.07, 6.45) is 4.35. The molecular formula is C18H25N5O2. The van der Waals surface area contributed by atoms with Crippen molar-refractivity contribution in [2.75, 3.05) is 44.7 Å². The number of aliphatic hydroxyl groups is 1. The average Bonchev–Trinajstić information content (AvgIpc) is 3.07. The number of amides is 1. The van der Waals surface area contributed by atoms with Crippen LogP contribution in [0.2, 0.25) is 0 Å². The molecular weight excluding hydrogens is 318 g/mol. The summed E-state index contributed by atoms with van der Waals surface area (Å²) >= 11 is 0. The third kappa shape index (κ3) is 4.09. The highest BCUT2D eigenvalue weighted by molar-refractivity contribution is 5.81. The van der Waals surface area contributed by atoms with Crippen molar-refractivity contribution in [1.29, 1.82) is 5.26 Å². The molecule has 2 fully saturated rings. The van der Waals surface area contributed by atoms with Gasteiger partial charge in [-0.05, 0) is 31.4 Å². The predicted octanol–water partition coefficient (Wildman–Crippen LogP) is 0.447. The molecule has 2 heterocycles. The Labute approximate surface area is 148 Å². The summed E-state index contributed by atoms with van der Waals surface area (Å²) in [5.74, 6) is 0.764. The van der Waals surface area contributed by atoms with Gasteiger partial charge >= 0.3 is 0 Å². The molecule has 1 N–H and O–H groups in total. The second-order valence-corrected chi connectivity index (χ2v) is 6.86. The number of piperazine rings is 1. The van der Waals surface area contributed by atoms with Gasteiger partial charge in [0.1, 0.15) is 11.9 Å². The van der Waals surface area contributed by atoms with Crippen LogP contribution in [-0.4, -0.2) is 77.7 Å². The summed E-state index contributed by atoms with van der Waals surface area (Å²) in [6, 6.07) is 5.76. The Balaban J connectivity index is 1.49. The normalized spacial score (nSPS) is 24.1. The standard InChI is InChI=1S/C18H25N5O2/c1-21(17-6-5-14(11-19)12-20-17)13-18(25)23-9-7-22(8-10-23)15-3-2-4-16(15)24/h5-6,12,15-16,24H,2-4,7-10,13H2,1H3/t15-,16+/m1/s1. The summed E-state index contributed by atoms with van der Waals surface area (Å²) in [5.41, 5.74) is 0.508. The molecule has 1 aliphatic carbocycles. The Morgan fingerprint density at radius 3 is 2.68 bits per heavy atom. The molecule has 2 aliphatic rings. The van der Waals surface area contributed by atoms with E-state index in [-0.39, 0.29) is 24.6 Å². The molecule has 0 radical (unpaired) electrons. The third-order valence-corrected chi connectivity index (χ3v) is 5.22. The van der Waals surface area contributed by atoms with E-state index in [1.165, 1.54) is 6.20 Å². The highest BCUT2D eigenvalue weighted by Crippen LogP contribution is 2.25. The van der Waals surface area contributed by atoms with Gasteiger partial charge in [-0.3, -0.25) is 9.69 Å². The Kier molecular flexibility index (Phi) is 5.51. The predicted molar refractivity (Wildman–Crippen MR) is 94.0 cm³/mol. The second-order valence-electron chi connectivity index (χ2n) is 6.86. The minimum atomic E-state index is -0.212. The number of hydrogen-bond acceptors (Lipinski definition) is 6. The second kappa shape index (κ2) is 7.81. The first kappa shape index (κ1) is 17.6. The zero-order valence-electron chi connectivity index (χ0n) is 14.6. The van der Waals surface area contributed by atoms with E-state index in [1.54, 1.807) is 17.0 Å². The van der Waals surface area contributed by atoms with E-state index in [4.69, 9.17) is 5.26 Å². The van der Waals surface area contributed by atoms with Crippen LogP contribution in [-0.2, 0) is 4.79 Å². The monoisotopic (exact) mass is 343 g/mol. The Morgan fingerprint density at radius 1 is 1.36 bits per heavy atom. The molecule has 1 saturated carbocycles. The van der Waals surface area contributed by atoms with Crippen LogP contribution in [0.15, 0.2) is 18.3 Å². The minimum absolute atomic E-state index is 0.0836. The lowest BCUT2D eigenvalue weighted by molar-refractivity contribution is -0.132. The van der Waals surface area contributed by atoms with Crippen LogP contribution in [0.1, 0.15) is 24.8 Å². The van der Waals surface area contributed by atoms with Gasteiger partial charge in [-0.1, -0.05) is 0 Å². The molecule has 7 heteroatoms. The van der Waals surface area contributed by atoms with E-state index < -0.39 is 0 Å². The van der Waals surface area contributed by atoms with Gasteiger partial charge in [0.25, 0.3) is 0 Å². The number of likely N-dealkylation sites (N-methyl/N-ethyl adjacent to an activating group) is 1. The maximum absolute atomic E-state index is 12.5. The van der Waals surface area contributed by atoms with Gasteiger partial charge in [0.2, 0.25) is 5.91 Å². The van der Waals surface area contributed by atoms with Crippen LogP contribution < -0.4 is 4.90 Å². The van der Waals surface area contributed by atoms with E-state index in [2.05, 4.69) is 9.88 Å². The van der Waals surface area contributed by atoms with Crippen LogP contribution in [0.5, 0.6) is 0 Å². The molecule has 0 spiro atoms. The lowest BCUT2D eigenvalue weighted by Crippen LogP contribution is -2.54. The molecule has 25 heavy (non-hydrogen) atoms. The van der Waals surface area contributed by atoms with Gasteiger partial charge in [-0.25, -0.2) is 4.98 Å². The first-order valence-corrected chi connectivity index (χ1v) is 8.85. The van der Waals surface area contributed by atoms with Crippen LogP contribution >= 0.6 is 0 Å². The van der Waals surface area contributed by atoms with Crippen molar-refractivity contribution in [3.05, 3.63) is 23.9 Å². The van der Waals surface area contributed by atoms with Gasteiger partial charge in [-0.2, -0.15) is 5.26 Å². The number of aliphatic hydroxyl groups excluding tert-OH is 1. The quantitative estimate of drug-likeness (QED) is 0.854. The maximum atomic E-state index is 12.5. The Morgan fingerprint density at radius 2 is 2.12 bits per heavy atom. The van der Waals surface area contributed by atoms with E-state index in [0.717, 1.165) is 32.4 Å². The number of nitrogens with zero attached hydrogens (tertiary/aromatic N) is 5. The lowest BCUT2D eigenvalue weighted by Gasteiger charge is -2.39. The first-order valence-electron chi connectivity index (χ1n) is 8.85. The van der Waals surface area contributed by atoms with Gasteiger partial charge in [-0.15, -0.1) is 0 Å². The highest BCUT2D eigenvalue weighted by atomic mass is 16.3. The fourth-order valence-electron chi connectivity index (χ4n) is 3.71. The van der Waals surface area contributed by atoms with Crippen LogP contribution in [0.4, 0.5) is 5.82 Å². The molecule has 1 aliphatic heterocycles. The number of rotatable bonds is 4. The number of nitriles is 1. The van der Waals surface area contributed by atoms with Crippen molar-refractivity contribution >= 4 is 11.7 Å². The largest absolute Gasteiger partial charge is 0.391 e. The molecule has 7 nitrogen and oxygen atoms in total. The lowest BCUT2D eigenvalue weighted by atomic mass is 10.1. The minimum Gasteiger partial charge on any atom is -0.391 e. The summed E-state index contributed by atoms with van der Waals surface area (Å²) in [5, 5.41) is 18.9. The molecule has 1 saturated heterocycles. The summed E-state index contributed by atoms with van der Waals surface area (Å²) in [4.78, 5) is 22.8.